The first-order valence-corrected chi connectivity index (χ1v) is 8.76. The number of hydrogen-bond acceptors (Lipinski definition) is 8. The average Bonchev–Trinajstić information content (AvgIpc) is 3.09. The van der Waals surface area contributed by atoms with Crippen molar-refractivity contribution in [3.05, 3.63) is 6.33 Å². The first kappa shape index (κ1) is 16.1. The molecule has 134 valence electrons. The van der Waals surface area contributed by atoms with Gasteiger partial charge in [-0.2, -0.15) is 9.97 Å². The smallest absolute Gasteiger partial charge is 0.315 e. The van der Waals surface area contributed by atoms with Crippen LogP contribution in [-0.2, 0) is 9.53 Å². The Morgan fingerprint density at radius 3 is 3.24 bits per heavy atom. The van der Waals surface area contributed by atoms with Gasteiger partial charge in [-0.25, -0.2) is 4.98 Å². The summed E-state index contributed by atoms with van der Waals surface area (Å²) in [6.45, 7) is 4.51. The number of ether oxygens (including phenoxy) is 1. The summed E-state index contributed by atoms with van der Waals surface area (Å²) in [4.78, 5) is 30.8. The van der Waals surface area contributed by atoms with Crippen molar-refractivity contribution in [2.45, 2.75) is 32.2 Å². The van der Waals surface area contributed by atoms with Gasteiger partial charge in [0.1, 0.15) is 10.9 Å². The van der Waals surface area contributed by atoms with E-state index in [4.69, 9.17) is 10.5 Å². The van der Waals surface area contributed by atoms with Crippen LogP contribution in [0.3, 0.4) is 0 Å². The molecular formula is C16H23N7O2. The first-order valence-electron chi connectivity index (χ1n) is 8.76. The van der Waals surface area contributed by atoms with E-state index in [-0.39, 0.29) is 18.0 Å². The van der Waals surface area contributed by atoms with E-state index in [0.717, 1.165) is 37.9 Å². The second-order valence-corrected chi connectivity index (χ2v) is 6.70. The first-order chi connectivity index (χ1) is 12.1. The Labute approximate surface area is 145 Å². The van der Waals surface area contributed by atoms with E-state index in [1.165, 1.54) is 0 Å². The van der Waals surface area contributed by atoms with Crippen molar-refractivity contribution in [3.63, 3.8) is 0 Å². The van der Waals surface area contributed by atoms with Crippen LogP contribution in [0, 0.1) is 5.41 Å². The van der Waals surface area contributed by atoms with E-state index >= 15 is 0 Å². The van der Waals surface area contributed by atoms with E-state index in [1.54, 1.807) is 6.33 Å². The predicted molar refractivity (Wildman–Crippen MR) is 93.0 cm³/mol. The Morgan fingerprint density at radius 2 is 2.40 bits per heavy atom. The molecule has 2 fully saturated rings. The highest BCUT2D eigenvalue weighted by Crippen LogP contribution is 2.40. The number of fused-ring (bicyclic) bond motifs is 2. The number of aromatic nitrogens is 4. The Morgan fingerprint density at radius 1 is 1.52 bits per heavy atom. The number of carbonyl (C=O) groups excluding carboxylic acids is 1. The zero-order valence-corrected chi connectivity index (χ0v) is 14.3. The zero-order chi connectivity index (χ0) is 17.4. The Kier molecular flexibility index (Phi) is 3.95. The largest absolute Gasteiger partial charge is 0.465 e. The van der Waals surface area contributed by atoms with Crippen molar-refractivity contribution in [3.8, 4) is 0 Å². The van der Waals surface area contributed by atoms with Crippen LogP contribution in [0.25, 0.3) is 11.2 Å². The van der Waals surface area contributed by atoms with Crippen molar-refractivity contribution in [2.24, 2.45) is 5.41 Å². The van der Waals surface area contributed by atoms with Gasteiger partial charge in [0.2, 0.25) is 5.95 Å². The number of aromatic amines is 1. The number of esters is 1. The maximum Gasteiger partial charge on any atom is 0.315 e. The van der Waals surface area contributed by atoms with Crippen LogP contribution < -0.4 is 16.0 Å². The summed E-state index contributed by atoms with van der Waals surface area (Å²) in [5.41, 5.74) is 6.58. The molecule has 0 amide bonds. The van der Waals surface area contributed by atoms with Crippen LogP contribution in [-0.4, -0.2) is 58.2 Å². The highest BCUT2D eigenvalue weighted by Gasteiger charge is 2.52. The van der Waals surface area contributed by atoms with Gasteiger partial charge in [-0.1, -0.05) is 0 Å². The van der Waals surface area contributed by atoms with E-state index in [0.29, 0.717) is 24.6 Å². The van der Waals surface area contributed by atoms with Gasteiger partial charge in [-0.05, 0) is 32.7 Å². The van der Waals surface area contributed by atoms with Crippen molar-refractivity contribution in [1.82, 2.24) is 25.3 Å². The summed E-state index contributed by atoms with van der Waals surface area (Å²) in [6.07, 6.45) is 4.19. The van der Waals surface area contributed by atoms with E-state index in [9.17, 15) is 4.79 Å². The number of hydrogen-bond donors (Lipinski definition) is 3. The summed E-state index contributed by atoms with van der Waals surface area (Å²) >= 11 is 0. The molecular weight excluding hydrogens is 322 g/mol. The molecule has 2 aromatic heterocycles. The highest BCUT2D eigenvalue weighted by molar-refractivity contribution is 5.85. The molecule has 9 heteroatoms. The van der Waals surface area contributed by atoms with Crippen LogP contribution in [0.2, 0.25) is 0 Å². The van der Waals surface area contributed by atoms with Crippen LogP contribution in [0.5, 0.6) is 0 Å². The fraction of sp³-hybridized carbons (Fsp3) is 0.625. The molecule has 4 rings (SSSR count). The lowest BCUT2D eigenvalue weighted by Crippen LogP contribution is -2.63. The van der Waals surface area contributed by atoms with Gasteiger partial charge in [0.15, 0.2) is 11.5 Å². The van der Waals surface area contributed by atoms with E-state index in [2.05, 4.69) is 30.2 Å². The number of nitrogens with two attached hydrogens (primary N) is 1. The normalized spacial score (nSPS) is 26.4. The minimum absolute atomic E-state index is 0.125. The standard InChI is InChI=1S/C16H23N7O2/c1-2-25-14(24)16-5-3-6-18-10(16)4-7-23(8-16)13-11-12(20-9-19-11)21-15(17)22-13/h9-10,18H,2-8H2,1H3,(H3,17,19,20,21,22)/t10-,16+/m1/s1. The zero-order valence-electron chi connectivity index (χ0n) is 14.3. The maximum atomic E-state index is 12.8. The van der Waals surface area contributed by atoms with Gasteiger partial charge in [-0.15, -0.1) is 0 Å². The lowest BCUT2D eigenvalue weighted by Gasteiger charge is -2.49. The minimum atomic E-state index is -0.557. The molecule has 4 heterocycles. The molecule has 2 aliphatic heterocycles. The van der Waals surface area contributed by atoms with Crippen LogP contribution in [0.4, 0.5) is 11.8 Å². The van der Waals surface area contributed by atoms with Gasteiger partial charge in [0.05, 0.1) is 12.9 Å². The molecule has 2 saturated heterocycles. The lowest BCUT2D eigenvalue weighted by atomic mass is 9.70. The average molecular weight is 345 g/mol. The minimum Gasteiger partial charge on any atom is -0.465 e. The molecule has 0 spiro atoms. The highest BCUT2D eigenvalue weighted by atomic mass is 16.5. The van der Waals surface area contributed by atoms with E-state index in [1.807, 2.05) is 6.92 Å². The van der Waals surface area contributed by atoms with Gasteiger partial charge >= 0.3 is 5.97 Å². The predicted octanol–water partition coefficient (Wildman–Crippen LogP) is 0.447. The summed E-state index contributed by atoms with van der Waals surface area (Å²) in [5, 5.41) is 3.51. The van der Waals surface area contributed by atoms with Crippen LogP contribution in [0.15, 0.2) is 6.33 Å². The van der Waals surface area contributed by atoms with Crippen LogP contribution >= 0.6 is 0 Å². The number of nitrogen functional groups attached to an aromatic ring is 1. The van der Waals surface area contributed by atoms with Gasteiger partial charge in [-0.3, -0.25) is 4.79 Å². The second-order valence-electron chi connectivity index (χ2n) is 6.70. The van der Waals surface area contributed by atoms with E-state index < -0.39 is 5.41 Å². The third-order valence-electron chi connectivity index (χ3n) is 5.28. The molecule has 0 saturated carbocycles. The van der Waals surface area contributed by atoms with Crippen molar-refractivity contribution in [1.29, 1.82) is 0 Å². The number of anilines is 2. The molecule has 9 nitrogen and oxygen atoms in total. The molecule has 0 radical (unpaired) electrons. The van der Waals surface area contributed by atoms with Crippen molar-refractivity contribution in [2.75, 3.05) is 36.9 Å². The number of piperidine rings is 2. The topological polar surface area (TPSA) is 122 Å². The molecule has 0 aliphatic carbocycles. The second kappa shape index (κ2) is 6.14. The molecule has 25 heavy (non-hydrogen) atoms. The Balaban J connectivity index is 1.72. The summed E-state index contributed by atoms with van der Waals surface area (Å²) in [6, 6.07) is 0.132. The molecule has 2 aromatic rings. The van der Waals surface area contributed by atoms with Crippen molar-refractivity contribution >= 4 is 28.9 Å². The van der Waals surface area contributed by atoms with Gasteiger partial charge in [0, 0.05) is 19.1 Å². The quantitative estimate of drug-likeness (QED) is 0.685. The number of rotatable bonds is 3. The molecule has 0 bridgehead atoms. The van der Waals surface area contributed by atoms with Gasteiger partial charge < -0.3 is 25.7 Å². The monoisotopic (exact) mass is 345 g/mol. The number of nitrogens with one attached hydrogen (secondary N) is 2. The molecule has 0 aromatic carbocycles. The Hall–Kier alpha value is -2.42. The summed E-state index contributed by atoms with van der Waals surface area (Å²) in [5.74, 6) is 0.760. The van der Waals surface area contributed by atoms with Gasteiger partial charge in [0.25, 0.3) is 0 Å². The molecule has 2 atom stereocenters. The Bertz CT molecular complexity index is 792. The van der Waals surface area contributed by atoms with Crippen molar-refractivity contribution < 1.29 is 9.53 Å². The molecule has 0 unspecified atom stereocenters. The van der Waals surface area contributed by atoms with Crippen LogP contribution in [0.1, 0.15) is 26.2 Å². The molecule has 2 aliphatic rings. The third-order valence-corrected chi connectivity index (χ3v) is 5.28. The number of imidazole rings is 1. The number of nitrogens with zero attached hydrogens (tertiary/aromatic N) is 4. The summed E-state index contributed by atoms with van der Waals surface area (Å²) < 4.78 is 5.44. The number of carbonyl (C=O) groups is 1. The fourth-order valence-corrected chi connectivity index (χ4v) is 4.15. The summed E-state index contributed by atoms with van der Waals surface area (Å²) in [7, 11) is 0. The third kappa shape index (κ3) is 2.58. The fourth-order valence-electron chi connectivity index (χ4n) is 4.15. The lowest BCUT2D eigenvalue weighted by molar-refractivity contribution is -0.159. The maximum absolute atomic E-state index is 12.8. The number of H-pyrrole nitrogens is 1. The molecule has 4 N–H and O–H groups in total. The SMILES string of the molecule is CCOC(=O)[C@]12CCCN[C@@H]1CCN(c1nc(N)nc3nc[nH]c13)C2.